The third-order valence-electron chi connectivity index (χ3n) is 3.11. The van der Waals surface area contributed by atoms with Gasteiger partial charge >= 0.3 is 0 Å². The molecule has 0 aromatic carbocycles. The number of nitrogens with zero attached hydrogens (tertiary/aromatic N) is 1. The van der Waals surface area contributed by atoms with E-state index in [1.807, 2.05) is 6.92 Å². The van der Waals surface area contributed by atoms with Gasteiger partial charge in [0.25, 0.3) is 0 Å². The lowest BCUT2D eigenvalue weighted by atomic mass is 9.94. The van der Waals surface area contributed by atoms with Crippen LogP contribution in [0, 0.1) is 5.92 Å². The van der Waals surface area contributed by atoms with Crippen molar-refractivity contribution in [2.75, 3.05) is 39.9 Å². The van der Waals surface area contributed by atoms with Gasteiger partial charge in [-0.25, -0.2) is 0 Å². The first-order valence-corrected chi connectivity index (χ1v) is 6.22. The lowest BCUT2D eigenvalue weighted by Gasteiger charge is -2.31. The maximum absolute atomic E-state index is 5.35. The van der Waals surface area contributed by atoms with Crippen molar-refractivity contribution in [3.05, 3.63) is 0 Å². The molecular weight excluding hydrogens is 188 g/mol. The van der Waals surface area contributed by atoms with Crippen LogP contribution in [0.15, 0.2) is 0 Å². The van der Waals surface area contributed by atoms with Crippen molar-refractivity contribution in [3.63, 3.8) is 0 Å². The minimum absolute atomic E-state index is 0.681. The topological polar surface area (TPSA) is 24.5 Å². The lowest BCUT2D eigenvalue weighted by Crippen LogP contribution is -2.45. The van der Waals surface area contributed by atoms with E-state index in [1.165, 1.54) is 19.4 Å². The summed E-state index contributed by atoms with van der Waals surface area (Å²) in [5, 5.41) is 3.59. The van der Waals surface area contributed by atoms with E-state index in [-0.39, 0.29) is 0 Å². The molecular formula is C12H26N2O. The minimum atomic E-state index is 0.681. The van der Waals surface area contributed by atoms with Gasteiger partial charge in [0, 0.05) is 25.7 Å². The van der Waals surface area contributed by atoms with E-state index in [0.29, 0.717) is 6.04 Å². The number of nitrogens with one attached hydrogen (secondary N) is 1. The molecule has 0 aliphatic carbocycles. The van der Waals surface area contributed by atoms with E-state index in [1.54, 1.807) is 0 Å². The van der Waals surface area contributed by atoms with E-state index in [4.69, 9.17) is 4.74 Å². The summed E-state index contributed by atoms with van der Waals surface area (Å²) in [4.78, 5) is 2.37. The van der Waals surface area contributed by atoms with Gasteiger partial charge in [-0.15, -0.1) is 0 Å². The predicted octanol–water partition coefficient (Wildman–Crippen LogP) is 1.34. The molecule has 90 valence electrons. The maximum Gasteiger partial charge on any atom is 0.0593 e. The van der Waals surface area contributed by atoms with Crippen molar-refractivity contribution in [3.8, 4) is 0 Å². The molecule has 1 fully saturated rings. The molecule has 1 heterocycles. The third kappa shape index (κ3) is 5.50. The molecule has 0 radical (unpaired) electrons. The van der Waals surface area contributed by atoms with Crippen molar-refractivity contribution >= 4 is 0 Å². The Morgan fingerprint density at radius 1 is 1.47 bits per heavy atom. The van der Waals surface area contributed by atoms with Gasteiger partial charge in [-0.2, -0.15) is 0 Å². The number of ether oxygens (including phenoxy) is 1. The molecule has 0 amide bonds. The van der Waals surface area contributed by atoms with Gasteiger partial charge < -0.3 is 15.0 Å². The SMILES string of the molecule is CCOCCN(C)CC1CC(C)CCN1. The molecule has 0 saturated carbocycles. The molecule has 1 rings (SSSR count). The van der Waals surface area contributed by atoms with E-state index in [0.717, 1.165) is 32.2 Å². The van der Waals surface area contributed by atoms with E-state index in [9.17, 15) is 0 Å². The second-order valence-electron chi connectivity index (χ2n) is 4.74. The lowest BCUT2D eigenvalue weighted by molar-refractivity contribution is 0.115. The van der Waals surface area contributed by atoms with Crippen LogP contribution in [-0.4, -0.2) is 50.8 Å². The van der Waals surface area contributed by atoms with Gasteiger partial charge in [0.2, 0.25) is 0 Å². The Morgan fingerprint density at radius 2 is 2.27 bits per heavy atom. The standard InChI is InChI=1S/C12H26N2O/c1-4-15-8-7-14(3)10-12-9-11(2)5-6-13-12/h11-13H,4-10H2,1-3H3. The molecule has 0 aromatic heterocycles. The molecule has 1 saturated heterocycles. The molecule has 3 heteroatoms. The van der Waals surface area contributed by atoms with E-state index in [2.05, 4.69) is 24.2 Å². The summed E-state index contributed by atoms with van der Waals surface area (Å²) in [6, 6.07) is 0.681. The van der Waals surface area contributed by atoms with Crippen molar-refractivity contribution in [2.24, 2.45) is 5.92 Å². The Hall–Kier alpha value is -0.120. The summed E-state index contributed by atoms with van der Waals surface area (Å²) >= 11 is 0. The van der Waals surface area contributed by atoms with Crippen molar-refractivity contribution in [1.82, 2.24) is 10.2 Å². The zero-order valence-electron chi connectivity index (χ0n) is 10.5. The fourth-order valence-electron chi connectivity index (χ4n) is 2.19. The summed E-state index contributed by atoms with van der Waals surface area (Å²) in [6.45, 7) is 9.46. The zero-order chi connectivity index (χ0) is 11.1. The number of hydrogen-bond acceptors (Lipinski definition) is 3. The Balaban J connectivity index is 2.10. The van der Waals surface area contributed by atoms with Crippen LogP contribution in [0.3, 0.4) is 0 Å². The summed E-state index contributed by atoms with van der Waals surface area (Å²) in [5.74, 6) is 0.886. The van der Waals surface area contributed by atoms with Crippen molar-refractivity contribution in [1.29, 1.82) is 0 Å². The number of rotatable bonds is 6. The number of hydrogen-bond donors (Lipinski definition) is 1. The highest BCUT2D eigenvalue weighted by Gasteiger charge is 2.18. The first kappa shape index (κ1) is 12.9. The Kier molecular flexibility index (Phi) is 6.22. The number of likely N-dealkylation sites (N-methyl/N-ethyl adjacent to an activating group) is 1. The summed E-state index contributed by atoms with van der Waals surface area (Å²) < 4.78 is 5.35. The van der Waals surface area contributed by atoms with Gasteiger partial charge in [-0.05, 0) is 39.3 Å². The van der Waals surface area contributed by atoms with Crippen LogP contribution in [0.2, 0.25) is 0 Å². The Labute approximate surface area is 94.2 Å². The highest BCUT2D eigenvalue weighted by atomic mass is 16.5. The average Bonchev–Trinajstić information content (AvgIpc) is 2.18. The predicted molar refractivity (Wildman–Crippen MR) is 64.2 cm³/mol. The second-order valence-corrected chi connectivity index (χ2v) is 4.74. The van der Waals surface area contributed by atoms with Gasteiger partial charge in [-0.3, -0.25) is 0 Å². The number of piperidine rings is 1. The molecule has 0 spiro atoms. The van der Waals surface area contributed by atoms with E-state index >= 15 is 0 Å². The van der Waals surface area contributed by atoms with Gasteiger partial charge in [0.15, 0.2) is 0 Å². The molecule has 15 heavy (non-hydrogen) atoms. The van der Waals surface area contributed by atoms with Gasteiger partial charge in [0.1, 0.15) is 0 Å². The summed E-state index contributed by atoms with van der Waals surface area (Å²) in [7, 11) is 2.18. The summed E-state index contributed by atoms with van der Waals surface area (Å²) in [5.41, 5.74) is 0. The Morgan fingerprint density at radius 3 is 2.93 bits per heavy atom. The molecule has 0 aromatic rings. The Bertz CT molecular complexity index is 164. The van der Waals surface area contributed by atoms with Crippen LogP contribution in [0.1, 0.15) is 26.7 Å². The van der Waals surface area contributed by atoms with Crippen molar-refractivity contribution in [2.45, 2.75) is 32.7 Å². The first-order chi connectivity index (χ1) is 7.22. The molecule has 0 bridgehead atoms. The molecule has 1 aliphatic rings. The van der Waals surface area contributed by atoms with Crippen LogP contribution in [-0.2, 0) is 4.74 Å². The van der Waals surface area contributed by atoms with Crippen LogP contribution in [0.5, 0.6) is 0 Å². The molecule has 1 aliphatic heterocycles. The first-order valence-electron chi connectivity index (χ1n) is 6.22. The largest absolute Gasteiger partial charge is 0.380 e. The molecule has 1 N–H and O–H groups in total. The average molecular weight is 214 g/mol. The van der Waals surface area contributed by atoms with E-state index < -0.39 is 0 Å². The highest BCUT2D eigenvalue weighted by molar-refractivity contribution is 4.78. The van der Waals surface area contributed by atoms with Gasteiger partial charge in [-0.1, -0.05) is 6.92 Å². The van der Waals surface area contributed by atoms with Crippen LogP contribution in [0.25, 0.3) is 0 Å². The quantitative estimate of drug-likeness (QED) is 0.675. The smallest absolute Gasteiger partial charge is 0.0593 e. The fourth-order valence-corrected chi connectivity index (χ4v) is 2.19. The highest BCUT2D eigenvalue weighted by Crippen LogP contribution is 2.15. The second kappa shape index (κ2) is 7.20. The molecule has 2 atom stereocenters. The normalized spacial score (nSPS) is 27.2. The molecule has 3 nitrogen and oxygen atoms in total. The monoisotopic (exact) mass is 214 g/mol. The van der Waals surface area contributed by atoms with Crippen LogP contribution >= 0.6 is 0 Å². The fraction of sp³-hybridized carbons (Fsp3) is 1.00. The van der Waals surface area contributed by atoms with Crippen LogP contribution < -0.4 is 5.32 Å². The maximum atomic E-state index is 5.35. The van der Waals surface area contributed by atoms with Crippen LogP contribution in [0.4, 0.5) is 0 Å². The molecule has 2 unspecified atom stereocenters. The third-order valence-corrected chi connectivity index (χ3v) is 3.11. The van der Waals surface area contributed by atoms with Crippen molar-refractivity contribution < 1.29 is 4.74 Å². The zero-order valence-corrected chi connectivity index (χ0v) is 10.5. The summed E-state index contributed by atoms with van der Waals surface area (Å²) in [6.07, 6.45) is 2.65. The van der Waals surface area contributed by atoms with Gasteiger partial charge in [0.05, 0.1) is 6.61 Å². The minimum Gasteiger partial charge on any atom is -0.380 e.